The highest BCUT2D eigenvalue weighted by atomic mass is 16.3. The Morgan fingerprint density at radius 1 is 1.04 bits per heavy atom. The number of allylic oxidation sites excluding steroid dienone is 3. The average Bonchev–Trinajstić information content (AvgIpc) is 2.53. The van der Waals surface area contributed by atoms with Crippen molar-refractivity contribution in [3.05, 3.63) is 81.9 Å². The zero-order valence-electron chi connectivity index (χ0n) is 14.8. The number of benzene rings is 2. The number of aryl methyl sites for hydroxylation is 2. The molecule has 124 valence electrons. The maximum absolute atomic E-state index is 12.4. The monoisotopic (exact) mass is 320 g/mol. The second kappa shape index (κ2) is 7.78. The van der Waals surface area contributed by atoms with Crippen LogP contribution in [0.3, 0.4) is 0 Å². The summed E-state index contributed by atoms with van der Waals surface area (Å²) in [6.45, 7) is 8.01. The summed E-state index contributed by atoms with van der Waals surface area (Å²) in [6, 6.07) is 11.5. The number of rotatable bonds is 5. The fourth-order valence-electron chi connectivity index (χ4n) is 2.44. The number of carbonyl (C=O) groups excluding carboxylic acids is 1. The van der Waals surface area contributed by atoms with E-state index in [1.54, 1.807) is 12.1 Å². The van der Waals surface area contributed by atoms with Crippen LogP contribution in [0, 0.1) is 13.8 Å². The minimum atomic E-state index is -0.188. The molecule has 0 bridgehead atoms. The smallest absolute Gasteiger partial charge is 0.189 e. The van der Waals surface area contributed by atoms with E-state index in [-0.39, 0.29) is 11.5 Å². The molecule has 0 radical (unpaired) electrons. The van der Waals surface area contributed by atoms with Gasteiger partial charge in [-0.25, -0.2) is 0 Å². The molecule has 2 aromatic carbocycles. The van der Waals surface area contributed by atoms with Gasteiger partial charge in [0.2, 0.25) is 0 Å². The van der Waals surface area contributed by atoms with E-state index in [1.807, 2.05) is 58.0 Å². The Bertz CT molecular complexity index is 789. The second-order valence-corrected chi connectivity index (χ2v) is 6.35. The van der Waals surface area contributed by atoms with Crippen molar-refractivity contribution < 1.29 is 9.90 Å². The van der Waals surface area contributed by atoms with Crippen molar-refractivity contribution in [2.45, 2.75) is 34.1 Å². The number of phenols is 1. The molecule has 2 nitrogen and oxygen atoms in total. The summed E-state index contributed by atoms with van der Waals surface area (Å²) < 4.78 is 0. The van der Waals surface area contributed by atoms with Gasteiger partial charge in [-0.05, 0) is 57.4 Å². The third-order valence-electron chi connectivity index (χ3n) is 4.00. The van der Waals surface area contributed by atoms with Gasteiger partial charge in [0.1, 0.15) is 5.75 Å². The summed E-state index contributed by atoms with van der Waals surface area (Å²) in [7, 11) is 0. The summed E-state index contributed by atoms with van der Waals surface area (Å²) >= 11 is 0. The van der Waals surface area contributed by atoms with E-state index < -0.39 is 0 Å². The van der Waals surface area contributed by atoms with Crippen LogP contribution in [0.1, 0.15) is 46.5 Å². The summed E-state index contributed by atoms with van der Waals surface area (Å²) in [4.78, 5) is 12.4. The number of hydrogen-bond donors (Lipinski definition) is 1. The molecular formula is C22H24O2. The quantitative estimate of drug-likeness (QED) is 0.454. The van der Waals surface area contributed by atoms with Crippen LogP contribution in [-0.4, -0.2) is 10.9 Å². The van der Waals surface area contributed by atoms with Crippen LogP contribution < -0.4 is 0 Å². The highest BCUT2D eigenvalue weighted by Gasteiger charge is 2.13. The van der Waals surface area contributed by atoms with Gasteiger partial charge in [0.25, 0.3) is 0 Å². The van der Waals surface area contributed by atoms with Crippen LogP contribution >= 0.6 is 0 Å². The average molecular weight is 320 g/mol. The van der Waals surface area contributed by atoms with Gasteiger partial charge in [-0.3, -0.25) is 4.79 Å². The Balaban J connectivity index is 2.27. The van der Waals surface area contributed by atoms with E-state index in [0.29, 0.717) is 12.0 Å². The lowest BCUT2D eigenvalue weighted by Crippen LogP contribution is -1.99. The van der Waals surface area contributed by atoms with Gasteiger partial charge in [0.15, 0.2) is 5.78 Å². The highest BCUT2D eigenvalue weighted by Crippen LogP contribution is 2.27. The molecule has 0 aliphatic carbocycles. The molecule has 2 aromatic rings. The molecule has 0 unspecified atom stereocenters. The first-order chi connectivity index (χ1) is 11.4. The lowest BCUT2D eigenvalue weighted by molar-refractivity contribution is 0.104. The molecule has 0 spiro atoms. The lowest BCUT2D eigenvalue weighted by atomic mass is 9.97. The fraction of sp³-hybridized carbons (Fsp3) is 0.227. The maximum atomic E-state index is 12.4. The maximum Gasteiger partial charge on any atom is 0.189 e. The molecular weight excluding hydrogens is 296 g/mol. The summed E-state index contributed by atoms with van der Waals surface area (Å²) in [5.41, 5.74) is 5.48. The molecule has 0 aromatic heterocycles. The van der Waals surface area contributed by atoms with Crippen LogP contribution in [-0.2, 0) is 6.42 Å². The molecule has 0 fully saturated rings. The molecule has 0 saturated carbocycles. The fourth-order valence-corrected chi connectivity index (χ4v) is 2.44. The SMILES string of the molecule is CC(C)=CCc1c(C)ccc(C(=O)C=Cc2ccc(C)cc2)c1O. The normalized spacial score (nSPS) is 10.8. The number of aromatic hydroxyl groups is 1. The first kappa shape index (κ1) is 17.7. The Hall–Kier alpha value is -2.61. The number of phenolic OH excluding ortho intramolecular Hbond substituents is 1. The van der Waals surface area contributed by atoms with E-state index in [1.165, 1.54) is 17.2 Å². The van der Waals surface area contributed by atoms with Gasteiger partial charge >= 0.3 is 0 Å². The van der Waals surface area contributed by atoms with E-state index >= 15 is 0 Å². The van der Waals surface area contributed by atoms with E-state index in [4.69, 9.17) is 0 Å². The Labute approximate surface area is 144 Å². The minimum absolute atomic E-state index is 0.0889. The lowest BCUT2D eigenvalue weighted by Gasteiger charge is -2.10. The molecule has 0 atom stereocenters. The predicted octanol–water partition coefficient (Wildman–Crippen LogP) is 5.41. The van der Waals surface area contributed by atoms with Crippen molar-refractivity contribution >= 4 is 11.9 Å². The zero-order chi connectivity index (χ0) is 17.7. The zero-order valence-corrected chi connectivity index (χ0v) is 14.8. The van der Waals surface area contributed by atoms with Gasteiger partial charge in [-0.1, -0.05) is 53.6 Å². The molecule has 0 saturated heterocycles. The van der Waals surface area contributed by atoms with Gasteiger partial charge in [-0.15, -0.1) is 0 Å². The van der Waals surface area contributed by atoms with Crippen LogP contribution in [0.2, 0.25) is 0 Å². The van der Waals surface area contributed by atoms with Crippen LogP contribution in [0.25, 0.3) is 6.08 Å². The number of ketones is 1. The van der Waals surface area contributed by atoms with Crippen molar-refractivity contribution in [2.24, 2.45) is 0 Å². The topological polar surface area (TPSA) is 37.3 Å². The van der Waals surface area contributed by atoms with Crippen molar-refractivity contribution in [1.29, 1.82) is 0 Å². The van der Waals surface area contributed by atoms with Gasteiger partial charge in [0.05, 0.1) is 5.56 Å². The molecule has 0 heterocycles. The Kier molecular flexibility index (Phi) is 5.75. The number of carbonyl (C=O) groups is 1. The van der Waals surface area contributed by atoms with Gasteiger partial charge in [0, 0.05) is 5.56 Å². The van der Waals surface area contributed by atoms with Crippen molar-refractivity contribution in [2.75, 3.05) is 0 Å². The summed E-state index contributed by atoms with van der Waals surface area (Å²) in [5, 5.41) is 10.5. The van der Waals surface area contributed by atoms with Gasteiger partial charge < -0.3 is 5.11 Å². The second-order valence-electron chi connectivity index (χ2n) is 6.35. The largest absolute Gasteiger partial charge is 0.507 e. The molecule has 0 aliphatic heterocycles. The molecule has 2 heteroatoms. The van der Waals surface area contributed by atoms with Crippen LogP contribution in [0.15, 0.2) is 54.1 Å². The Morgan fingerprint density at radius 2 is 1.71 bits per heavy atom. The van der Waals surface area contributed by atoms with Crippen molar-refractivity contribution in [3.8, 4) is 5.75 Å². The molecule has 0 amide bonds. The first-order valence-corrected chi connectivity index (χ1v) is 8.12. The molecule has 1 N–H and O–H groups in total. The summed E-state index contributed by atoms with van der Waals surface area (Å²) in [5.74, 6) is -0.0995. The third kappa shape index (κ3) is 4.45. The van der Waals surface area contributed by atoms with Crippen molar-refractivity contribution in [3.63, 3.8) is 0 Å². The first-order valence-electron chi connectivity index (χ1n) is 8.12. The minimum Gasteiger partial charge on any atom is -0.507 e. The standard InChI is InChI=1S/C22H24O2/c1-15(2)5-12-19-17(4)8-13-20(22(19)24)21(23)14-11-18-9-6-16(3)7-10-18/h5-11,13-14,24H,12H2,1-4H3. The molecule has 2 rings (SSSR count). The summed E-state index contributed by atoms with van der Waals surface area (Å²) in [6.07, 6.45) is 5.97. The van der Waals surface area contributed by atoms with E-state index in [2.05, 4.69) is 6.08 Å². The molecule has 0 aliphatic rings. The third-order valence-corrected chi connectivity index (χ3v) is 4.00. The van der Waals surface area contributed by atoms with Crippen LogP contribution in [0.4, 0.5) is 0 Å². The van der Waals surface area contributed by atoms with E-state index in [9.17, 15) is 9.90 Å². The van der Waals surface area contributed by atoms with Crippen LogP contribution in [0.5, 0.6) is 5.75 Å². The molecule has 24 heavy (non-hydrogen) atoms. The van der Waals surface area contributed by atoms with Gasteiger partial charge in [-0.2, -0.15) is 0 Å². The highest BCUT2D eigenvalue weighted by molar-refractivity contribution is 6.08. The van der Waals surface area contributed by atoms with Crippen molar-refractivity contribution in [1.82, 2.24) is 0 Å². The Morgan fingerprint density at radius 3 is 2.33 bits per heavy atom. The predicted molar refractivity (Wildman–Crippen MR) is 101 cm³/mol. The van der Waals surface area contributed by atoms with E-state index in [0.717, 1.165) is 16.7 Å². The number of hydrogen-bond acceptors (Lipinski definition) is 2.